The molecule has 2 aromatic rings. The van der Waals surface area contributed by atoms with Gasteiger partial charge < -0.3 is 9.47 Å². The number of carbonyl (C=O) groups excluding carboxylic acids is 3. The minimum Gasteiger partial charge on any atom is -0.444 e. The van der Waals surface area contributed by atoms with Gasteiger partial charge in [-0.25, -0.2) is 9.59 Å². The average Bonchev–Trinajstić information content (AvgIpc) is 3.10. The third kappa shape index (κ3) is 4.53. The molecule has 1 aliphatic rings. The van der Waals surface area contributed by atoms with E-state index < -0.39 is 35.7 Å². The van der Waals surface area contributed by atoms with Gasteiger partial charge in [-0.05, 0) is 5.56 Å². The molecular weight excluding hydrogens is 382 g/mol. The lowest BCUT2D eigenvalue weighted by molar-refractivity contribution is -0.147. The van der Waals surface area contributed by atoms with Gasteiger partial charge in [0.15, 0.2) is 12.0 Å². The van der Waals surface area contributed by atoms with Gasteiger partial charge in [-0.15, -0.1) is 0 Å². The van der Waals surface area contributed by atoms with E-state index in [1.807, 2.05) is 57.2 Å². The number of ketones is 1. The quantitative estimate of drug-likeness (QED) is 0.539. The molecule has 0 saturated carbocycles. The number of esters is 1. The van der Waals surface area contributed by atoms with Gasteiger partial charge in [-0.1, -0.05) is 88.4 Å². The lowest BCUT2D eigenvalue weighted by Crippen LogP contribution is -2.51. The highest BCUT2D eigenvalue weighted by Gasteiger charge is 2.53. The SMILES string of the molecule is C[C@H](C(=O)c1ccccc1)[C@H]1C(=O)O[C@@H](C(C)(C)C)N1C(=O)OCc1ccccc1. The van der Waals surface area contributed by atoms with Gasteiger partial charge in [0.05, 0.1) is 5.92 Å². The molecule has 3 rings (SSSR count). The zero-order valence-corrected chi connectivity index (χ0v) is 17.7. The summed E-state index contributed by atoms with van der Waals surface area (Å²) in [5, 5.41) is 0. The number of cyclic esters (lactones) is 1. The van der Waals surface area contributed by atoms with Gasteiger partial charge >= 0.3 is 12.1 Å². The lowest BCUT2D eigenvalue weighted by atomic mass is 9.89. The maximum absolute atomic E-state index is 13.1. The van der Waals surface area contributed by atoms with Crippen LogP contribution in [0, 0.1) is 11.3 Å². The Bertz CT molecular complexity index is 904. The van der Waals surface area contributed by atoms with Crippen LogP contribution in [0.4, 0.5) is 4.79 Å². The number of nitrogens with zero attached hydrogens (tertiary/aromatic N) is 1. The molecule has 1 heterocycles. The van der Waals surface area contributed by atoms with Crippen LogP contribution < -0.4 is 0 Å². The zero-order chi connectivity index (χ0) is 21.9. The highest BCUT2D eigenvalue weighted by atomic mass is 16.6. The van der Waals surface area contributed by atoms with E-state index in [2.05, 4.69) is 0 Å². The maximum Gasteiger partial charge on any atom is 0.413 e. The van der Waals surface area contributed by atoms with E-state index >= 15 is 0 Å². The van der Waals surface area contributed by atoms with Crippen molar-refractivity contribution in [1.29, 1.82) is 0 Å². The highest BCUT2D eigenvalue weighted by Crippen LogP contribution is 2.36. The summed E-state index contributed by atoms with van der Waals surface area (Å²) < 4.78 is 11.1. The molecule has 30 heavy (non-hydrogen) atoms. The summed E-state index contributed by atoms with van der Waals surface area (Å²) in [5.74, 6) is -1.60. The van der Waals surface area contributed by atoms with Crippen molar-refractivity contribution in [2.45, 2.75) is 46.6 Å². The smallest absolute Gasteiger partial charge is 0.413 e. The minimum absolute atomic E-state index is 0.0644. The maximum atomic E-state index is 13.1. The summed E-state index contributed by atoms with van der Waals surface area (Å²) in [6, 6.07) is 16.9. The Labute approximate surface area is 176 Å². The molecule has 1 saturated heterocycles. The number of benzene rings is 2. The van der Waals surface area contributed by atoms with E-state index in [0.717, 1.165) is 5.56 Å². The van der Waals surface area contributed by atoms with E-state index in [0.29, 0.717) is 5.56 Å². The Morgan fingerprint density at radius 3 is 2.17 bits per heavy atom. The lowest BCUT2D eigenvalue weighted by Gasteiger charge is -2.34. The molecule has 1 fully saturated rings. The molecule has 0 bridgehead atoms. The molecule has 0 radical (unpaired) electrons. The van der Waals surface area contributed by atoms with Crippen molar-refractivity contribution in [3.05, 3.63) is 71.8 Å². The molecule has 158 valence electrons. The first-order chi connectivity index (χ1) is 14.2. The molecular formula is C24H27NO5. The standard InChI is InChI=1S/C24H27NO5/c1-16(20(26)18-13-9-6-10-14-18)19-21(27)30-22(24(2,3)4)25(19)23(28)29-15-17-11-7-5-8-12-17/h5-14,16,19,22H,15H2,1-4H3/t16-,19-,22-/m0/s1. The zero-order valence-electron chi connectivity index (χ0n) is 17.7. The summed E-state index contributed by atoms with van der Waals surface area (Å²) >= 11 is 0. The van der Waals surface area contributed by atoms with Crippen molar-refractivity contribution in [2.75, 3.05) is 0 Å². The van der Waals surface area contributed by atoms with Crippen molar-refractivity contribution < 1.29 is 23.9 Å². The van der Waals surface area contributed by atoms with Gasteiger partial charge in [0.2, 0.25) is 0 Å². The number of rotatable bonds is 5. The molecule has 6 nitrogen and oxygen atoms in total. The van der Waals surface area contributed by atoms with E-state index in [1.165, 1.54) is 4.90 Å². The van der Waals surface area contributed by atoms with Crippen molar-refractivity contribution in [1.82, 2.24) is 4.90 Å². The van der Waals surface area contributed by atoms with Crippen LogP contribution in [0.3, 0.4) is 0 Å². The summed E-state index contributed by atoms with van der Waals surface area (Å²) in [6.45, 7) is 7.32. The number of ether oxygens (including phenoxy) is 2. The largest absolute Gasteiger partial charge is 0.444 e. The van der Waals surface area contributed by atoms with Gasteiger partial charge in [0.1, 0.15) is 12.6 Å². The summed E-state index contributed by atoms with van der Waals surface area (Å²) in [4.78, 5) is 40.1. The predicted molar refractivity (Wildman–Crippen MR) is 112 cm³/mol. The van der Waals surface area contributed by atoms with Crippen LogP contribution in [0.2, 0.25) is 0 Å². The fourth-order valence-electron chi connectivity index (χ4n) is 3.55. The number of hydrogen-bond acceptors (Lipinski definition) is 5. The Morgan fingerprint density at radius 1 is 1.03 bits per heavy atom. The molecule has 2 aromatic carbocycles. The molecule has 0 N–H and O–H groups in total. The second-order valence-electron chi connectivity index (χ2n) is 8.57. The monoisotopic (exact) mass is 409 g/mol. The summed E-state index contributed by atoms with van der Waals surface area (Å²) in [7, 11) is 0. The molecule has 1 amide bonds. The van der Waals surface area contributed by atoms with Crippen LogP contribution in [0.1, 0.15) is 43.6 Å². The number of amides is 1. The Morgan fingerprint density at radius 2 is 1.60 bits per heavy atom. The first kappa shape index (κ1) is 21.6. The van der Waals surface area contributed by atoms with Gasteiger partial charge in [-0.2, -0.15) is 0 Å². The molecule has 0 aromatic heterocycles. The van der Waals surface area contributed by atoms with E-state index in [-0.39, 0.29) is 12.4 Å². The van der Waals surface area contributed by atoms with Crippen LogP contribution in [-0.4, -0.2) is 35.0 Å². The molecule has 0 aliphatic carbocycles. The fourth-order valence-corrected chi connectivity index (χ4v) is 3.55. The second kappa shape index (κ2) is 8.69. The van der Waals surface area contributed by atoms with Crippen molar-refractivity contribution in [3.8, 4) is 0 Å². The molecule has 0 spiro atoms. The van der Waals surface area contributed by atoms with Crippen LogP contribution >= 0.6 is 0 Å². The first-order valence-corrected chi connectivity index (χ1v) is 9.99. The van der Waals surface area contributed by atoms with E-state index in [9.17, 15) is 14.4 Å². The molecule has 3 atom stereocenters. The van der Waals surface area contributed by atoms with E-state index in [4.69, 9.17) is 9.47 Å². The van der Waals surface area contributed by atoms with Gasteiger partial charge in [0.25, 0.3) is 0 Å². The fraction of sp³-hybridized carbons (Fsp3) is 0.375. The van der Waals surface area contributed by atoms with Crippen molar-refractivity contribution in [3.63, 3.8) is 0 Å². The third-order valence-corrected chi connectivity index (χ3v) is 5.12. The third-order valence-electron chi connectivity index (χ3n) is 5.12. The Kier molecular flexibility index (Phi) is 6.25. The molecule has 6 heteroatoms. The van der Waals surface area contributed by atoms with Gasteiger partial charge in [0, 0.05) is 11.0 Å². The normalized spacial score (nSPS) is 19.9. The molecule has 1 aliphatic heterocycles. The topological polar surface area (TPSA) is 72.9 Å². The summed E-state index contributed by atoms with van der Waals surface area (Å²) in [6.07, 6.45) is -1.51. The Balaban J connectivity index is 1.86. The number of carbonyl (C=O) groups is 3. The van der Waals surface area contributed by atoms with Crippen molar-refractivity contribution in [2.24, 2.45) is 11.3 Å². The minimum atomic E-state index is -1.05. The van der Waals surface area contributed by atoms with E-state index in [1.54, 1.807) is 31.2 Å². The molecule has 0 unspecified atom stereocenters. The predicted octanol–water partition coefficient (Wildman–Crippen LogP) is 4.44. The summed E-state index contributed by atoms with van der Waals surface area (Å²) in [5.41, 5.74) is 0.760. The van der Waals surface area contributed by atoms with Gasteiger partial charge in [-0.3, -0.25) is 9.69 Å². The average molecular weight is 409 g/mol. The number of hydrogen-bond donors (Lipinski definition) is 0. The number of Topliss-reactive ketones (excluding diaryl/α,β-unsaturated/α-hetero) is 1. The first-order valence-electron chi connectivity index (χ1n) is 9.99. The van der Waals surface area contributed by atoms with Crippen LogP contribution in [0.5, 0.6) is 0 Å². The van der Waals surface area contributed by atoms with Crippen LogP contribution in [0.15, 0.2) is 60.7 Å². The van der Waals surface area contributed by atoms with Crippen LogP contribution in [-0.2, 0) is 20.9 Å². The Hall–Kier alpha value is -3.15. The second-order valence-corrected chi connectivity index (χ2v) is 8.57. The van der Waals surface area contributed by atoms with Crippen LogP contribution in [0.25, 0.3) is 0 Å². The van der Waals surface area contributed by atoms with Crippen molar-refractivity contribution >= 4 is 17.8 Å². The highest BCUT2D eigenvalue weighted by molar-refractivity contribution is 6.01.